The van der Waals surface area contributed by atoms with Crippen LogP contribution >= 0.6 is 0 Å². The zero-order valence-electron chi connectivity index (χ0n) is 11.0. The van der Waals surface area contributed by atoms with Crippen LogP contribution in [-0.2, 0) is 0 Å². The molecule has 0 atom stereocenters. The van der Waals surface area contributed by atoms with E-state index in [9.17, 15) is 9.18 Å². The quantitative estimate of drug-likeness (QED) is 0.757. The summed E-state index contributed by atoms with van der Waals surface area (Å²) >= 11 is 0. The van der Waals surface area contributed by atoms with Gasteiger partial charge in [0.25, 0.3) is 0 Å². The van der Waals surface area contributed by atoms with Crippen LogP contribution in [-0.4, -0.2) is 5.91 Å². The summed E-state index contributed by atoms with van der Waals surface area (Å²) in [6.45, 7) is 1.78. The van der Waals surface area contributed by atoms with Crippen LogP contribution in [0, 0.1) is 24.6 Å². The molecule has 0 bridgehead atoms. The third-order valence-electron chi connectivity index (χ3n) is 2.91. The van der Waals surface area contributed by atoms with Crippen molar-refractivity contribution in [2.75, 3.05) is 0 Å². The maximum atomic E-state index is 13.9. The summed E-state index contributed by atoms with van der Waals surface area (Å²) < 4.78 is 13.9. The first-order chi connectivity index (χ1) is 9.49. The first-order valence-corrected chi connectivity index (χ1v) is 6.02. The fourth-order valence-electron chi connectivity index (χ4n) is 1.75. The Morgan fingerprint density at radius 2 is 2.00 bits per heavy atom. The first kappa shape index (κ1) is 13.8. The summed E-state index contributed by atoms with van der Waals surface area (Å²) in [7, 11) is 0. The van der Waals surface area contributed by atoms with E-state index >= 15 is 0 Å². The van der Waals surface area contributed by atoms with Crippen molar-refractivity contribution in [2.24, 2.45) is 5.73 Å². The van der Waals surface area contributed by atoms with Gasteiger partial charge in [-0.05, 0) is 30.7 Å². The summed E-state index contributed by atoms with van der Waals surface area (Å²) in [6.07, 6.45) is 0. The predicted octanol–water partition coefficient (Wildman–Crippen LogP) is 1.51. The molecule has 0 saturated heterocycles. The molecule has 2 rings (SSSR count). The Bertz CT molecular complexity index is 742. The molecule has 2 aromatic rings. The van der Waals surface area contributed by atoms with Crippen molar-refractivity contribution in [3.8, 4) is 11.8 Å². The SMILES string of the molecule is Cc1ccc([NH3+])c(F)c1C#Cc1cccc(C(N)=O)c1. The topological polar surface area (TPSA) is 70.7 Å². The van der Waals surface area contributed by atoms with Crippen LogP contribution in [0.25, 0.3) is 0 Å². The largest absolute Gasteiger partial charge is 0.366 e. The average Bonchev–Trinajstić information content (AvgIpc) is 2.43. The van der Waals surface area contributed by atoms with Gasteiger partial charge in [-0.2, -0.15) is 4.39 Å². The summed E-state index contributed by atoms with van der Waals surface area (Å²) in [4.78, 5) is 11.1. The highest BCUT2D eigenvalue weighted by Gasteiger charge is 2.09. The van der Waals surface area contributed by atoms with Gasteiger partial charge in [-0.25, -0.2) is 0 Å². The van der Waals surface area contributed by atoms with E-state index in [1.165, 1.54) is 0 Å². The number of aryl methyl sites for hydroxylation is 1. The lowest BCUT2D eigenvalue weighted by molar-refractivity contribution is -0.258. The van der Waals surface area contributed by atoms with Crippen LogP contribution in [0.15, 0.2) is 36.4 Å². The van der Waals surface area contributed by atoms with E-state index in [2.05, 4.69) is 17.6 Å². The van der Waals surface area contributed by atoms with E-state index in [4.69, 9.17) is 5.73 Å². The highest BCUT2D eigenvalue weighted by molar-refractivity contribution is 5.93. The summed E-state index contributed by atoms with van der Waals surface area (Å²) in [5.41, 5.74) is 11.2. The van der Waals surface area contributed by atoms with E-state index in [0.717, 1.165) is 5.56 Å². The number of hydrogen-bond acceptors (Lipinski definition) is 1. The molecule has 0 aromatic heterocycles. The molecule has 20 heavy (non-hydrogen) atoms. The number of nitrogens with two attached hydrogens (primary N) is 1. The molecule has 0 saturated carbocycles. The number of carbonyl (C=O) groups is 1. The first-order valence-electron chi connectivity index (χ1n) is 6.02. The number of benzene rings is 2. The number of rotatable bonds is 1. The van der Waals surface area contributed by atoms with Gasteiger partial charge in [0.2, 0.25) is 5.91 Å². The zero-order valence-corrected chi connectivity index (χ0v) is 11.0. The zero-order chi connectivity index (χ0) is 14.7. The molecular weight excluding hydrogens is 255 g/mol. The van der Waals surface area contributed by atoms with Gasteiger partial charge < -0.3 is 11.5 Å². The minimum Gasteiger partial charge on any atom is -0.366 e. The van der Waals surface area contributed by atoms with Gasteiger partial charge in [0.15, 0.2) is 11.5 Å². The monoisotopic (exact) mass is 269 g/mol. The van der Waals surface area contributed by atoms with E-state index < -0.39 is 11.7 Å². The highest BCUT2D eigenvalue weighted by Crippen LogP contribution is 2.17. The van der Waals surface area contributed by atoms with Gasteiger partial charge >= 0.3 is 0 Å². The Morgan fingerprint density at radius 3 is 2.70 bits per heavy atom. The molecule has 0 aliphatic carbocycles. The average molecular weight is 269 g/mol. The minimum atomic E-state index is -0.518. The lowest BCUT2D eigenvalue weighted by atomic mass is 10.1. The molecule has 0 aliphatic heterocycles. The fraction of sp³-hybridized carbons (Fsp3) is 0.0625. The number of quaternary nitrogens is 1. The van der Waals surface area contributed by atoms with Crippen LogP contribution in [0.2, 0.25) is 0 Å². The molecule has 4 heteroatoms. The van der Waals surface area contributed by atoms with E-state index in [0.29, 0.717) is 22.4 Å². The molecule has 0 spiro atoms. The van der Waals surface area contributed by atoms with Gasteiger partial charge in [-0.3, -0.25) is 4.79 Å². The second-order valence-electron chi connectivity index (χ2n) is 4.43. The molecular formula is C16H14FN2O+. The summed E-state index contributed by atoms with van der Waals surface area (Å²) in [6, 6.07) is 10.00. The second-order valence-corrected chi connectivity index (χ2v) is 4.43. The summed E-state index contributed by atoms with van der Waals surface area (Å²) in [5, 5.41) is 0. The fourth-order valence-corrected chi connectivity index (χ4v) is 1.75. The third-order valence-corrected chi connectivity index (χ3v) is 2.91. The van der Waals surface area contributed by atoms with Crippen molar-refractivity contribution in [2.45, 2.75) is 6.92 Å². The number of halogens is 1. The number of primary amides is 1. The lowest BCUT2D eigenvalue weighted by Gasteiger charge is -2.00. The van der Waals surface area contributed by atoms with Crippen LogP contribution in [0.4, 0.5) is 10.1 Å². The van der Waals surface area contributed by atoms with Gasteiger partial charge in [-0.15, -0.1) is 0 Å². The molecule has 0 unspecified atom stereocenters. The minimum absolute atomic E-state index is 0.311. The van der Waals surface area contributed by atoms with Crippen LogP contribution in [0.5, 0.6) is 0 Å². The van der Waals surface area contributed by atoms with Crippen LogP contribution < -0.4 is 11.5 Å². The van der Waals surface area contributed by atoms with Crippen molar-refractivity contribution >= 4 is 11.6 Å². The van der Waals surface area contributed by atoms with Crippen LogP contribution in [0.3, 0.4) is 0 Å². The van der Waals surface area contributed by atoms with Crippen molar-refractivity contribution < 1.29 is 14.9 Å². The molecule has 100 valence electrons. The second kappa shape index (κ2) is 5.55. The molecule has 0 fully saturated rings. The molecule has 1 amide bonds. The maximum absolute atomic E-state index is 13.9. The Kier molecular flexibility index (Phi) is 3.83. The molecule has 2 aromatic carbocycles. The predicted molar refractivity (Wildman–Crippen MR) is 74.6 cm³/mol. The van der Waals surface area contributed by atoms with Crippen molar-refractivity contribution in [3.05, 3.63) is 64.5 Å². The number of amides is 1. The smallest absolute Gasteiger partial charge is 0.248 e. The van der Waals surface area contributed by atoms with Gasteiger partial charge in [0, 0.05) is 17.2 Å². The van der Waals surface area contributed by atoms with Crippen molar-refractivity contribution in [3.63, 3.8) is 0 Å². The Labute approximate surface area is 116 Å². The Morgan fingerprint density at radius 1 is 1.25 bits per heavy atom. The van der Waals surface area contributed by atoms with Crippen LogP contribution in [0.1, 0.15) is 27.0 Å². The standard InChI is InChI=1S/C16H13FN2O/c1-10-5-8-14(18)15(17)13(10)7-6-11-3-2-4-12(9-11)16(19)20/h2-5,8-9H,18H2,1H3,(H2,19,20)/p+1. The van der Waals surface area contributed by atoms with E-state index in [1.54, 1.807) is 43.3 Å². The van der Waals surface area contributed by atoms with Gasteiger partial charge in [0.1, 0.15) is 0 Å². The molecule has 5 N–H and O–H groups in total. The molecule has 0 radical (unpaired) electrons. The Balaban J connectivity index is 2.44. The molecule has 0 heterocycles. The lowest BCUT2D eigenvalue weighted by Crippen LogP contribution is -2.41. The van der Waals surface area contributed by atoms with Gasteiger partial charge in [-0.1, -0.05) is 24.0 Å². The maximum Gasteiger partial charge on any atom is 0.248 e. The molecule has 3 nitrogen and oxygen atoms in total. The van der Waals surface area contributed by atoms with Crippen molar-refractivity contribution in [1.82, 2.24) is 0 Å². The molecule has 0 aliphatic rings. The van der Waals surface area contributed by atoms with E-state index in [-0.39, 0.29) is 0 Å². The highest BCUT2D eigenvalue weighted by atomic mass is 19.1. The number of carbonyl (C=O) groups excluding carboxylic acids is 1. The Hall–Kier alpha value is -2.64. The van der Waals surface area contributed by atoms with Gasteiger partial charge in [0.05, 0.1) is 5.56 Å². The third kappa shape index (κ3) is 2.85. The normalized spacial score (nSPS) is 9.75. The number of hydrogen-bond donors (Lipinski definition) is 2. The van der Waals surface area contributed by atoms with Crippen molar-refractivity contribution in [1.29, 1.82) is 0 Å². The van der Waals surface area contributed by atoms with E-state index in [1.807, 2.05) is 0 Å². The summed E-state index contributed by atoms with van der Waals surface area (Å²) in [5.74, 6) is 4.70.